The monoisotopic (exact) mass is 268 g/mol. The van der Waals surface area contributed by atoms with E-state index in [-0.39, 0.29) is 16.1 Å². The lowest BCUT2D eigenvalue weighted by atomic mass is 9.89. The van der Waals surface area contributed by atoms with Gasteiger partial charge in [0.2, 0.25) is 0 Å². The SMILES string of the molecule is CC1(CNc2cc(C(=O)O)cc(Cl)n2)CCCC1. The van der Waals surface area contributed by atoms with Crippen molar-refractivity contribution in [3.8, 4) is 0 Å². The number of nitrogens with one attached hydrogen (secondary N) is 1. The summed E-state index contributed by atoms with van der Waals surface area (Å²) in [5, 5.41) is 12.4. The third-order valence-electron chi connectivity index (χ3n) is 3.55. The van der Waals surface area contributed by atoms with Gasteiger partial charge in [0.15, 0.2) is 0 Å². The zero-order valence-electron chi connectivity index (χ0n) is 10.4. The Morgan fingerprint density at radius 2 is 2.17 bits per heavy atom. The zero-order valence-corrected chi connectivity index (χ0v) is 11.1. The van der Waals surface area contributed by atoms with E-state index >= 15 is 0 Å². The largest absolute Gasteiger partial charge is 0.478 e. The summed E-state index contributed by atoms with van der Waals surface area (Å²) in [5.74, 6) is -0.456. The van der Waals surface area contributed by atoms with Crippen LogP contribution in [0.2, 0.25) is 5.15 Å². The quantitative estimate of drug-likeness (QED) is 0.822. The van der Waals surface area contributed by atoms with Crippen molar-refractivity contribution in [2.75, 3.05) is 11.9 Å². The predicted molar refractivity (Wildman–Crippen MR) is 71.3 cm³/mol. The molecule has 0 radical (unpaired) electrons. The average Bonchev–Trinajstić information content (AvgIpc) is 2.73. The lowest BCUT2D eigenvalue weighted by molar-refractivity contribution is 0.0697. The number of nitrogens with zero attached hydrogens (tertiary/aromatic N) is 1. The van der Waals surface area contributed by atoms with Gasteiger partial charge in [-0.05, 0) is 30.4 Å². The molecule has 1 saturated carbocycles. The highest BCUT2D eigenvalue weighted by atomic mass is 35.5. The molecule has 1 fully saturated rings. The molecular formula is C13H17ClN2O2. The number of aromatic carboxylic acids is 1. The molecule has 0 saturated heterocycles. The number of pyridine rings is 1. The number of hydrogen-bond acceptors (Lipinski definition) is 3. The zero-order chi connectivity index (χ0) is 13.2. The normalized spacial score (nSPS) is 17.7. The van der Waals surface area contributed by atoms with Gasteiger partial charge in [0, 0.05) is 6.54 Å². The molecular weight excluding hydrogens is 252 g/mol. The van der Waals surface area contributed by atoms with Crippen LogP contribution in [-0.4, -0.2) is 22.6 Å². The standard InChI is InChI=1S/C13H17ClN2O2/c1-13(4-2-3-5-13)8-15-11-7-9(12(17)18)6-10(14)16-11/h6-7H,2-5,8H2,1H3,(H,15,16)(H,17,18). The van der Waals surface area contributed by atoms with Crippen LogP contribution in [0.5, 0.6) is 0 Å². The van der Waals surface area contributed by atoms with E-state index in [1.807, 2.05) is 0 Å². The molecule has 4 nitrogen and oxygen atoms in total. The van der Waals surface area contributed by atoms with Crippen molar-refractivity contribution in [1.29, 1.82) is 0 Å². The Hall–Kier alpha value is -1.29. The Morgan fingerprint density at radius 1 is 1.50 bits per heavy atom. The maximum absolute atomic E-state index is 10.9. The maximum Gasteiger partial charge on any atom is 0.335 e. The lowest BCUT2D eigenvalue weighted by Crippen LogP contribution is -2.23. The van der Waals surface area contributed by atoms with Crippen LogP contribution in [0.15, 0.2) is 12.1 Å². The molecule has 1 aromatic rings. The number of rotatable bonds is 4. The van der Waals surface area contributed by atoms with Crippen LogP contribution in [0.1, 0.15) is 43.0 Å². The highest BCUT2D eigenvalue weighted by molar-refractivity contribution is 6.29. The summed E-state index contributed by atoms with van der Waals surface area (Å²) in [6, 6.07) is 2.87. The molecule has 2 rings (SSSR count). The number of carbonyl (C=O) groups is 1. The Balaban J connectivity index is 2.07. The minimum atomic E-state index is -0.991. The summed E-state index contributed by atoms with van der Waals surface area (Å²) in [6.45, 7) is 3.05. The maximum atomic E-state index is 10.9. The number of halogens is 1. The third-order valence-corrected chi connectivity index (χ3v) is 3.74. The molecule has 0 atom stereocenters. The number of aromatic nitrogens is 1. The van der Waals surface area contributed by atoms with Gasteiger partial charge >= 0.3 is 5.97 Å². The van der Waals surface area contributed by atoms with Gasteiger partial charge in [0.05, 0.1) is 5.56 Å². The molecule has 0 aromatic carbocycles. The summed E-state index contributed by atoms with van der Waals surface area (Å²) in [6.07, 6.45) is 4.93. The third kappa shape index (κ3) is 3.13. The van der Waals surface area contributed by atoms with Gasteiger partial charge in [0.25, 0.3) is 0 Å². The van der Waals surface area contributed by atoms with Crippen LogP contribution in [0.4, 0.5) is 5.82 Å². The summed E-state index contributed by atoms with van der Waals surface area (Å²) in [7, 11) is 0. The van der Waals surface area contributed by atoms with Gasteiger partial charge in [-0.1, -0.05) is 31.4 Å². The van der Waals surface area contributed by atoms with E-state index in [2.05, 4.69) is 17.2 Å². The predicted octanol–water partition coefficient (Wildman–Crippen LogP) is 3.43. The molecule has 5 heteroatoms. The molecule has 1 aliphatic carbocycles. The van der Waals surface area contributed by atoms with E-state index in [4.69, 9.17) is 16.7 Å². The van der Waals surface area contributed by atoms with Crippen molar-refractivity contribution in [2.45, 2.75) is 32.6 Å². The first kappa shape index (κ1) is 13.1. The highest BCUT2D eigenvalue weighted by Crippen LogP contribution is 2.37. The number of anilines is 1. The van der Waals surface area contributed by atoms with E-state index in [1.165, 1.54) is 37.8 Å². The van der Waals surface area contributed by atoms with E-state index in [1.54, 1.807) is 0 Å². The minimum absolute atomic E-state index is 0.161. The lowest BCUT2D eigenvalue weighted by Gasteiger charge is -2.24. The van der Waals surface area contributed by atoms with Gasteiger partial charge in [-0.3, -0.25) is 0 Å². The molecule has 1 aromatic heterocycles. The first-order chi connectivity index (χ1) is 8.48. The van der Waals surface area contributed by atoms with E-state index in [0.29, 0.717) is 5.82 Å². The Bertz CT molecular complexity index is 456. The molecule has 2 N–H and O–H groups in total. The van der Waals surface area contributed by atoms with E-state index in [0.717, 1.165) is 6.54 Å². The summed E-state index contributed by atoms with van der Waals surface area (Å²) >= 11 is 5.81. The molecule has 18 heavy (non-hydrogen) atoms. The van der Waals surface area contributed by atoms with Crippen molar-refractivity contribution in [3.05, 3.63) is 22.8 Å². The van der Waals surface area contributed by atoms with Gasteiger partial charge in [0.1, 0.15) is 11.0 Å². The van der Waals surface area contributed by atoms with E-state index in [9.17, 15) is 4.79 Å². The van der Waals surface area contributed by atoms with E-state index < -0.39 is 5.97 Å². The summed E-state index contributed by atoms with van der Waals surface area (Å²) < 4.78 is 0. The summed E-state index contributed by atoms with van der Waals surface area (Å²) in [5.41, 5.74) is 0.446. The van der Waals surface area contributed by atoms with Crippen LogP contribution in [-0.2, 0) is 0 Å². The minimum Gasteiger partial charge on any atom is -0.478 e. The average molecular weight is 269 g/mol. The topological polar surface area (TPSA) is 62.2 Å². The molecule has 0 aliphatic heterocycles. The fourth-order valence-corrected chi connectivity index (χ4v) is 2.63. The second kappa shape index (κ2) is 5.14. The molecule has 0 bridgehead atoms. The van der Waals surface area contributed by atoms with Crippen LogP contribution in [0.25, 0.3) is 0 Å². The molecule has 0 amide bonds. The first-order valence-electron chi connectivity index (χ1n) is 6.13. The second-order valence-corrected chi connectivity index (χ2v) is 5.63. The van der Waals surface area contributed by atoms with Gasteiger partial charge in [-0.15, -0.1) is 0 Å². The molecule has 0 spiro atoms. The van der Waals surface area contributed by atoms with Crippen LogP contribution in [0.3, 0.4) is 0 Å². The first-order valence-corrected chi connectivity index (χ1v) is 6.51. The Labute approximate surface area is 111 Å². The molecule has 1 aliphatic rings. The fourth-order valence-electron chi connectivity index (χ4n) is 2.42. The number of carboxylic acids is 1. The Kier molecular flexibility index (Phi) is 3.76. The van der Waals surface area contributed by atoms with Crippen molar-refractivity contribution in [2.24, 2.45) is 5.41 Å². The second-order valence-electron chi connectivity index (χ2n) is 5.24. The highest BCUT2D eigenvalue weighted by Gasteiger charge is 2.28. The smallest absolute Gasteiger partial charge is 0.335 e. The van der Waals surface area contributed by atoms with Gasteiger partial charge in [-0.25, -0.2) is 9.78 Å². The van der Waals surface area contributed by atoms with Gasteiger partial charge < -0.3 is 10.4 Å². The number of carboxylic acid groups (broad SMARTS) is 1. The van der Waals surface area contributed by atoms with Gasteiger partial charge in [-0.2, -0.15) is 0 Å². The van der Waals surface area contributed by atoms with Crippen LogP contribution >= 0.6 is 11.6 Å². The Morgan fingerprint density at radius 3 is 2.78 bits per heavy atom. The molecule has 0 unspecified atom stereocenters. The molecule has 98 valence electrons. The summed E-state index contributed by atoms with van der Waals surface area (Å²) in [4.78, 5) is 15.0. The van der Waals surface area contributed by atoms with Crippen molar-refractivity contribution >= 4 is 23.4 Å². The van der Waals surface area contributed by atoms with Crippen molar-refractivity contribution < 1.29 is 9.90 Å². The van der Waals surface area contributed by atoms with Crippen LogP contribution < -0.4 is 5.32 Å². The van der Waals surface area contributed by atoms with Crippen LogP contribution in [0, 0.1) is 5.41 Å². The van der Waals surface area contributed by atoms with Crippen molar-refractivity contribution in [1.82, 2.24) is 4.98 Å². The fraction of sp³-hybridized carbons (Fsp3) is 0.538. The molecule has 1 heterocycles. The number of hydrogen-bond donors (Lipinski definition) is 2. The van der Waals surface area contributed by atoms with Crippen molar-refractivity contribution in [3.63, 3.8) is 0 Å².